The van der Waals surface area contributed by atoms with Gasteiger partial charge in [-0.1, -0.05) is 36.4 Å². The maximum Gasteiger partial charge on any atom is 0.250 e. The van der Waals surface area contributed by atoms with E-state index < -0.39 is 27.8 Å². The molecule has 3 aromatic rings. The first kappa shape index (κ1) is 21.6. The summed E-state index contributed by atoms with van der Waals surface area (Å²) in [5, 5.41) is 2.60. The Morgan fingerprint density at radius 2 is 1.86 bits per heavy atom. The van der Waals surface area contributed by atoms with Gasteiger partial charge in [0.15, 0.2) is 0 Å². The van der Waals surface area contributed by atoms with Crippen LogP contribution in [0.25, 0.3) is 0 Å². The van der Waals surface area contributed by atoms with Crippen molar-refractivity contribution < 1.29 is 17.6 Å². The summed E-state index contributed by atoms with van der Waals surface area (Å²) < 4.78 is 42.5. The normalized spacial score (nSPS) is 12.5. The van der Waals surface area contributed by atoms with E-state index in [0.717, 1.165) is 16.9 Å². The van der Waals surface area contributed by atoms with Crippen LogP contribution in [-0.4, -0.2) is 20.4 Å². The highest BCUT2D eigenvalue weighted by atomic mass is 79.9. The quantitative estimate of drug-likeness (QED) is 0.505. The third-order valence-electron chi connectivity index (χ3n) is 4.15. The molecule has 0 spiro atoms. The number of rotatable bonds is 7. The van der Waals surface area contributed by atoms with Gasteiger partial charge in [-0.3, -0.25) is 4.79 Å². The van der Waals surface area contributed by atoms with Gasteiger partial charge in [-0.05, 0) is 64.7 Å². The lowest BCUT2D eigenvalue weighted by Crippen LogP contribution is -2.45. The molecule has 0 aliphatic rings. The summed E-state index contributed by atoms with van der Waals surface area (Å²) in [5.41, 5.74) is 1.50. The van der Waals surface area contributed by atoms with Gasteiger partial charge in [-0.2, -0.15) is 4.72 Å². The Hall–Kier alpha value is -2.07. The lowest BCUT2D eigenvalue weighted by atomic mass is 10.1. The fourth-order valence-electron chi connectivity index (χ4n) is 2.63. The van der Waals surface area contributed by atoms with E-state index in [1.165, 1.54) is 12.1 Å². The van der Waals surface area contributed by atoms with Gasteiger partial charge < -0.3 is 5.32 Å². The Labute approximate surface area is 181 Å². The van der Waals surface area contributed by atoms with Gasteiger partial charge in [-0.25, -0.2) is 12.8 Å². The second-order valence-corrected chi connectivity index (χ2v) is 10.8. The molecule has 152 valence electrons. The molecule has 0 unspecified atom stereocenters. The molecule has 0 fully saturated rings. The molecule has 2 N–H and O–H groups in total. The van der Waals surface area contributed by atoms with Crippen molar-refractivity contribution in [3.8, 4) is 0 Å². The fraction of sp³-hybridized carbons (Fsp3) is 0.150. The molecule has 0 aliphatic heterocycles. The molecule has 0 radical (unpaired) electrons. The molecule has 29 heavy (non-hydrogen) atoms. The molecule has 9 heteroatoms. The highest BCUT2D eigenvalue weighted by Gasteiger charge is 2.27. The van der Waals surface area contributed by atoms with Crippen LogP contribution in [0.4, 0.5) is 10.1 Å². The summed E-state index contributed by atoms with van der Waals surface area (Å²) in [6, 6.07) is 15.4. The van der Waals surface area contributed by atoms with Crippen molar-refractivity contribution in [2.75, 3.05) is 5.32 Å². The minimum absolute atomic E-state index is 0.0941. The van der Waals surface area contributed by atoms with E-state index in [2.05, 4.69) is 26.0 Å². The van der Waals surface area contributed by atoms with Gasteiger partial charge in [0.1, 0.15) is 16.1 Å². The highest BCUT2D eigenvalue weighted by Crippen LogP contribution is 2.26. The predicted molar refractivity (Wildman–Crippen MR) is 116 cm³/mol. The van der Waals surface area contributed by atoms with Crippen LogP contribution in [0.1, 0.15) is 11.1 Å². The predicted octanol–water partition coefficient (Wildman–Crippen LogP) is 4.49. The van der Waals surface area contributed by atoms with Crippen LogP contribution in [-0.2, 0) is 21.2 Å². The van der Waals surface area contributed by atoms with Crippen LogP contribution >= 0.6 is 27.3 Å². The first-order valence-electron chi connectivity index (χ1n) is 8.63. The third-order valence-corrected chi connectivity index (χ3v) is 7.74. The lowest BCUT2D eigenvalue weighted by molar-refractivity contribution is -0.117. The highest BCUT2D eigenvalue weighted by molar-refractivity contribution is 9.11. The number of sulfonamides is 1. The molecule has 3 rings (SSSR count). The van der Waals surface area contributed by atoms with Crippen molar-refractivity contribution in [2.45, 2.75) is 23.6 Å². The number of amides is 1. The van der Waals surface area contributed by atoms with Crippen molar-refractivity contribution in [1.82, 2.24) is 4.72 Å². The van der Waals surface area contributed by atoms with Crippen molar-refractivity contribution in [1.29, 1.82) is 0 Å². The van der Waals surface area contributed by atoms with Gasteiger partial charge >= 0.3 is 0 Å². The third kappa shape index (κ3) is 5.72. The summed E-state index contributed by atoms with van der Waals surface area (Å²) >= 11 is 4.29. The van der Waals surface area contributed by atoms with Crippen LogP contribution in [0.2, 0.25) is 0 Å². The number of benzene rings is 2. The van der Waals surface area contributed by atoms with Crippen LogP contribution in [0.3, 0.4) is 0 Å². The average Bonchev–Trinajstić information content (AvgIpc) is 3.12. The Bertz CT molecular complexity index is 1120. The summed E-state index contributed by atoms with van der Waals surface area (Å²) in [4.78, 5) is 12.9. The second-order valence-electron chi connectivity index (χ2n) is 6.38. The Balaban J connectivity index is 1.85. The Morgan fingerprint density at radius 3 is 2.48 bits per heavy atom. The van der Waals surface area contributed by atoms with Gasteiger partial charge in [0, 0.05) is 5.69 Å². The van der Waals surface area contributed by atoms with Crippen molar-refractivity contribution in [3.05, 3.63) is 81.4 Å². The SMILES string of the molecule is Cc1ccc(NC(=O)[C@@H](Cc2ccccc2)NS(=O)(=O)c2ccc(Br)s2)cc1F. The topological polar surface area (TPSA) is 75.3 Å². The maximum atomic E-state index is 13.8. The van der Waals surface area contributed by atoms with E-state index in [1.807, 2.05) is 30.3 Å². The second kappa shape index (κ2) is 9.17. The Kier molecular flexibility index (Phi) is 6.84. The van der Waals surface area contributed by atoms with Gasteiger partial charge in [0.25, 0.3) is 10.0 Å². The Morgan fingerprint density at radius 1 is 1.14 bits per heavy atom. The number of thiophene rings is 1. The molecule has 0 saturated heterocycles. The molecule has 1 amide bonds. The van der Waals surface area contributed by atoms with Crippen LogP contribution in [0.15, 0.2) is 68.7 Å². The average molecular weight is 497 g/mol. The molecule has 2 aromatic carbocycles. The molecule has 0 aliphatic carbocycles. The number of nitrogens with one attached hydrogen (secondary N) is 2. The molecule has 0 saturated carbocycles. The summed E-state index contributed by atoms with van der Waals surface area (Å²) in [7, 11) is -3.91. The zero-order valence-corrected chi connectivity index (χ0v) is 18.6. The summed E-state index contributed by atoms with van der Waals surface area (Å²) in [6.45, 7) is 1.62. The summed E-state index contributed by atoms with van der Waals surface area (Å²) in [6.07, 6.45) is 0.146. The molecule has 1 atom stereocenters. The van der Waals surface area contributed by atoms with E-state index >= 15 is 0 Å². The zero-order chi connectivity index (χ0) is 21.0. The number of carbonyl (C=O) groups excluding carboxylic acids is 1. The molecular weight excluding hydrogens is 479 g/mol. The number of aryl methyl sites for hydroxylation is 1. The number of anilines is 1. The molecular formula is C20H18BrFN2O3S2. The van der Waals surface area contributed by atoms with E-state index in [1.54, 1.807) is 25.1 Å². The van der Waals surface area contributed by atoms with E-state index in [4.69, 9.17) is 0 Å². The number of carbonyl (C=O) groups is 1. The fourth-order valence-corrected chi connectivity index (χ4v) is 5.85. The largest absolute Gasteiger partial charge is 0.325 e. The molecule has 1 heterocycles. The van der Waals surface area contributed by atoms with E-state index in [0.29, 0.717) is 9.35 Å². The smallest absolute Gasteiger partial charge is 0.250 e. The minimum Gasteiger partial charge on any atom is -0.325 e. The maximum absolute atomic E-state index is 13.8. The monoisotopic (exact) mass is 496 g/mol. The number of hydrogen-bond acceptors (Lipinski definition) is 4. The van der Waals surface area contributed by atoms with Gasteiger partial charge in [0.2, 0.25) is 5.91 Å². The number of hydrogen-bond donors (Lipinski definition) is 2. The van der Waals surface area contributed by atoms with Gasteiger partial charge in [-0.15, -0.1) is 11.3 Å². The molecule has 5 nitrogen and oxygen atoms in total. The standard InChI is InChI=1S/C20H18BrFN2O3S2/c1-13-7-8-15(12-16(13)22)23-20(25)17(11-14-5-3-2-4-6-14)24-29(26,27)19-10-9-18(21)28-19/h2-10,12,17,24H,11H2,1H3,(H,23,25)/t17-/m1/s1. The summed E-state index contributed by atoms with van der Waals surface area (Å²) in [5.74, 6) is -1.03. The van der Waals surface area contributed by atoms with E-state index in [-0.39, 0.29) is 16.3 Å². The van der Waals surface area contributed by atoms with Crippen molar-refractivity contribution in [2.24, 2.45) is 0 Å². The lowest BCUT2D eigenvalue weighted by Gasteiger charge is -2.18. The molecule has 0 bridgehead atoms. The first-order valence-corrected chi connectivity index (χ1v) is 11.7. The van der Waals surface area contributed by atoms with Gasteiger partial charge in [0.05, 0.1) is 3.79 Å². The zero-order valence-electron chi connectivity index (χ0n) is 15.4. The van der Waals surface area contributed by atoms with Crippen molar-refractivity contribution in [3.63, 3.8) is 0 Å². The van der Waals surface area contributed by atoms with Crippen molar-refractivity contribution >= 4 is 48.9 Å². The van der Waals surface area contributed by atoms with Crippen LogP contribution in [0.5, 0.6) is 0 Å². The first-order chi connectivity index (χ1) is 13.7. The van der Waals surface area contributed by atoms with E-state index in [9.17, 15) is 17.6 Å². The number of halogens is 2. The molecule has 1 aromatic heterocycles. The van der Waals surface area contributed by atoms with Crippen LogP contribution < -0.4 is 10.0 Å². The minimum atomic E-state index is -3.91. The van der Waals surface area contributed by atoms with Crippen LogP contribution in [0, 0.1) is 12.7 Å².